The third-order valence-electron chi connectivity index (χ3n) is 2.55. The summed E-state index contributed by atoms with van der Waals surface area (Å²) in [5.41, 5.74) is 0.273. The number of rotatable bonds is 5. The predicted molar refractivity (Wildman–Crippen MR) is 66.2 cm³/mol. The first-order chi connectivity index (χ1) is 7.69. The molecule has 88 valence electrons. The van der Waals surface area contributed by atoms with Gasteiger partial charge in [-0.2, -0.15) is 4.39 Å². The second-order valence-electron chi connectivity index (χ2n) is 3.86. The summed E-state index contributed by atoms with van der Waals surface area (Å²) < 4.78 is 13.5. The lowest BCUT2D eigenvalue weighted by Gasteiger charge is -2.18. The standard InChI is InChI=1S/C11H18BFN2O/c1-3-4-8-15(2)10-7-5-6-9(12-16)11(13)14-10/h6-7,12,16H,3-5,8H2,1-2H3. The van der Waals surface area contributed by atoms with Gasteiger partial charge in [-0.15, -0.1) is 0 Å². The van der Waals surface area contributed by atoms with E-state index in [1.54, 1.807) is 6.08 Å². The van der Waals surface area contributed by atoms with Gasteiger partial charge in [0, 0.05) is 13.6 Å². The molecule has 0 spiro atoms. The van der Waals surface area contributed by atoms with E-state index in [1.807, 2.05) is 18.0 Å². The van der Waals surface area contributed by atoms with Crippen molar-refractivity contribution < 1.29 is 9.41 Å². The number of aliphatic imine (C=N–C) groups is 1. The van der Waals surface area contributed by atoms with Crippen LogP contribution in [0.4, 0.5) is 4.39 Å². The molecular weight excluding hydrogens is 206 g/mol. The Morgan fingerprint density at radius 2 is 2.31 bits per heavy atom. The minimum Gasteiger partial charge on any atom is -0.449 e. The lowest BCUT2D eigenvalue weighted by molar-refractivity contribution is 0.400. The van der Waals surface area contributed by atoms with Gasteiger partial charge in [-0.05, 0) is 24.4 Å². The minimum atomic E-state index is -0.574. The highest BCUT2D eigenvalue weighted by molar-refractivity contribution is 6.47. The Morgan fingerprint density at radius 1 is 1.56 bits per heavy atom. The van der Waals surface area contributed by atoms with E-state index < -0.39 is 5.97 Å². The van der Waals surface area contributed by atoms with Gasteiger partial charge in [0.05, 0.1) is 0 Å². The summed E-state index contributed by atoms with van der Waals surface area (Å²) >= 11 is 0. The van der Waals surface area contributed by atoms with Gasteiger partial charge in [0.2, 0.25) is 5.97 Å². The number of unbranched alkanes of at least 4 members (excludes halogenated alkanes) is 1. The summed E-state index contributed by atoms with van der Waals surface area (Å²) in [5.74, 6) is 0.0697. The van der Waals surface area contributed by atoms with Gasteiger partial charge in [-0.1, -0.05) is 19.4 Å². The van der Waals surface area contributed by atoms with Crippen LogP contribution in [0.15, 0.2) is 28.4 Å². The highest BCUT2D eigenvalue weighted by Gasteiger charge is 2.12. The van der Waals surface area contributed by atoms with Crippen molar-refractivity contribution in [3.8, 4) is 0 Å². The van der Waals surface area contributed by atoms with Gasteiger partial charge in [0.25, 0.3) is 0 Å². The van der Waals surface area contributed by atoms with E-state index in [1.165, 1.54) is 0 Å². The molecule has 1 aliphatic heterocycles. The number of halogens is 1. The van der Waals surface area contributed by atoms with Gasteiger partial charge >= 0.3 is 7.48 Å². The van der Waals surface area contributed by atoms with Crippen LogP contribution in [0.5, 0.6) is 0 Å². The first-order valence-electron chi connectivity index (χ1n) is 5.64. The molecule has 0 saturated carbocycles. The smallest absolute Gasteiger partial charge is 0.309 e. The highest BCUT2D eigenvalue weighted by atomic mass is 19.1. The van der Waals surface area contributed by atoms with Crippen molar-refractivity contribution in [2.75, 3.05) is 13.6 Å². The molecule has 0 aromatic carbocycles. The molecule has 0 amide bonds. The summed E-state index contributed by atoms with van der Waals surface area (Å²) in [6.07, 6.45) is 6.31. The molecule has 1 N–H and O–H groups in total. The largest absolute Gasteiger partial charge is 0.449 e. The molecule has 5 heteroatoms. The van der Waals surface area contributed by atoms with Gasteiger partial charge in [-0.25, -0.2) is 4.99 Å². The molecule has 0 saturated heterocycles. The zero-order valence-electron chi connectivity index (χ0n) is 9.91. The molecule has 0 atom stereocenters. The highest BCUT2D eigenvalue weighted by Crippen LogP contribution is 2.14. The predicted octanol–water partition coefficient (Wildman–Crippen LogP) is 1.56. The number of hydrogen-bond donors (Lipinski definition) is 1. The third kappa shape index (κ3) is 3.49. The maximum atomic E-state index is 13.5. The van der Waals surface area contributed by atoms with Crippen LogP contribution >= 0.6 is 0 Å². The van der Waals surface area contributed by atoms with E-state index in [4.69, 9.17) is 5.02 Å². The SMILES string of the molecule is CCCCN(C)C1=CCC=C(BO)C(F)=N1. The number of nitrogens with zero attached hydrogens (tertiary/aromatic N) is 2. The van der Waals surface area contributed by atoms with Crippen molar-refractivity contribution in [1.82, 2.24) is 4.90 Å². The van der Waals surface area contributed by atoms with E-state index in [9.17, 15) is 4.39 Å². The van der Waals surface area contributed by atoms with Crippen molar-refractivity contribution >= 4 is 13.4 Å². The number of allylic oxidation sites excluding steroid dienone is 3. The lowest BCUT2D eigenvalue weighted by atomic mass is 9.87. The normalized spacial score (nSPS) is 15.9. The number of hydrogen-bond acceptors (Lipinski definition) is 3. The Labute approximate surface area is 96.6 Å². The summed E-state index contributed by atoms with van der Waals surface area (Å²) in [6.45, 7) is 2.98. The molecule has 0 bridgehead atoms. The zero-order chi connectivity index (χ0) is 12.0. The van der Waals surface area contributed by atoms with Crippen LogP contribution < -0.4 is 0 Å². The van der Waals surface area contributed by atoms with Crippen LogP contribution in [0.2, 0.25) is 0 Å². The molecule has 0 unspecified atom stereocenters. The van der Waals surface area contributed by atoms with Gasteiger partial charge in [0.15, 0.2) is 0 Å². The van der Waals surface area contributed by atoms with Gasteiger partial charge in [-0.3, -0.25) is 0 Å². The Hall–Kier alpha value is -1.10. The van der Waals surface area contributed by atoms with E-state index in [0.29, 0.717) is 12.2 Å². The minimum absolute atomic E-state index is 0.273. The Balaban J connectivity index is 2.70. The first kappa shape index (κ1) is 13.0. The van der Waals surface area contributed by atoms with Crippen LogP contribution in [0.25, 0.3) is 0 Å². The average molecular weight is 224 g/mol. The molecule has 1 heterocycles. The van der Waals surface area contributed by atoms with E-state index in [0.717, 1.165) is 19.4 Å². The Bertz CT molecular complexity index is 326. The molecule has 1 rings (SSSR count). The zero-order valence-corrected chi connectivity index (χ0v) is 9.91. The summed E-state index contributed by atoms with van der Waals surface area (Å²) in [6, 6.07) is 0. The van der Waals surface area contributed by atoms with Crippen LogP contribution in [0.3, 0.4) is 0 Å². The van der Waals surface area contributed by atoms with E-state index >= 15 is 0 Å². The fourth-order valence-corrected chi connectivity index (χ4v) is 1.49. The van der Waals surface area contributed by atoms with Crippen molar-refractivity contribution in [2.45, 2.75) is 26.2 Å². The van der Waals surface area contributed by atoms with E-state index in [2.05, 4.69) is 11.9 Å². The average Bonchev–Trinajstić information content (AvgIpc) is 2.47. The molecule has 0 aromatic heterocycles. The molecule has 0 aromatic rings. The van der Waals surface area contributed by atoms with Crippen molar-refractivity contribution in [1.29, 1.82) is 0 Å². The van der Waals surface area contributed by atoms with E-state index in [-0.39, 0.29) is 13.0 Å². The fraction of sp³-hybridized carbons (Fsp3) is 0.545. The maximum Gasteiger partial charge on any atom is 0.309 e. The van der Waals surface area contributed by atoms with Gasteiger partial charge < -0.3 is 9.92 Å². The molecule has 16 heavy (non-hydrogen) atoms. The maximum absolute atomic E-state index is 13.5. The van der Waals surface area contributed by atoms with Crippen LogP contribution in [-0.4, -0.2) is 37.0 Å². The second-order valence-corrected chi connectivity index (χ2v) is 3.86. The van der Waals surface area contributed by atoms with Crippen LogP contribution in [0, 0.1) is 0 Å². The first-order valence-corrected chi connectivity index (χ1v) is 5.64. The third-order valence-corrected chi connectivity index (χ3v) is 2.55. The van der Waals surface area contributed by atoms with Crippen LogP contribution in [0.1, 0.15) is 26.2 Å². The molecule has 3 nitrogen and oxygen atoms in total. The van der Waals surface area contributed by atoms with Gasteiger partial charge in [0.1, 0.15) is 5.82 Å². The van der Waals surface area contributed by atoms with Crippen molar-refractivity contribution in [2.24, 2.45) is 4.99 Å². The molecule has 1 aliphatic rings. The molecule has 0 fully saturated rings. The van der Waals surface area contributed by atoms with Crippen molar-refractivity contribution in [3.63, 3.8) is 0 Å². The summed E-state index contributed by atoms with van der Waals surface area (Å²) in [7, 11) is 1.61. The monoisotopic (exact) mass is 224 g/mol. The quantitative estimate of drug-likeness (QED) is 0.719. The fourth-order valence-electron chi connectivity index (χ4n) is 1.49. The summed E-state index contributed by atoms with van der Waals surface area (Å²) in [5, 5.41) is 8.93. The second kappa shape index (κ2) is 6.48. The molecule has 0 radical (unpaired) electrons. The lowest BCUT2D eigenvalue weighted by Crippen LogP contribution is -2.18. The van der Waals surface area contributed by atoms with Crippen LogP contribution in [-0.2, 0) is 0 Å². The molecular formula is C11H18BFN2O. The molecule has 0 aliphatic carbocycles. The summed E-state index contributed by atoms with van der Waals surface area (Å²) in [4.78, 5) is 5.83. The Kier molecular flexibility index (Phi) is 5.25. The Morgan fingerprint density at radius 3 is 2.94 bits per heavy atom. The topological polar surface area (TPSA) is 35.8 Å². The van der Waals surface area contributed by atoms with Crippen molar-refractivity contribution in [3.05, 3.63) is 23.4 Å².